The Kier molecular flexibility index (Phi) is 3.49. The van der Waals surface area contributed by atoms with E-state index in [1.165, 1.54) is 0 Å². The summed E-state index contributed by atoms with van der Waals surface area (Å²) < 4.78 is 0. The standard InChI is InChI=1S/C14H22N2O3S/c1-14(6-2-3-10(14)15)13(19)16-9(12(17)18)7-20-11(16)8-4-5-8/h8-11H,2-7,15H2,1H3,(H,17,18). The molecule has 4 unspecified atom stereocenters. The van der Waals surface area contributed by atoms with Gasteiger partial charge in [-0.1, -0.05) is 6.42 Å². The van der Waals surface area contributed by atoms with Crippen LogP contribution in [0.25, 0.3) is 0 Å². The molecule has 3 aliphatic rings. The van der Waals surface area contributed by atoms with E-state index in [-0.39, 0.29) is 17.3 Å². The van der Waals surface area contributed by atoms with Gasteiger partial charge in [0.25, 0.3) is 0 Å². The van der Waals surface area contributed by atoms with Crippen molar-refractivity contribution >= 4 is 23.6 Å². The second-order valence-electron chi connectivity index (χ2n) is 6.54. The van der Waals surface area contributed by atoms with Crippen LogP contribution in [0.4, 0.5) is 0 Å². The first-order valence-corrected chi connectivity index (χ1v) is 8.43. The molecule has 6 heteroatoms. The summed E-state index contributed by atoms with van der Waals surface area (Å²) in [6.07, 6.45) is 4.80. The zero-order chi connectivity index (χ0) is 14.5. The highest BCUT2D eigenvalue weighted by atomic mass is 32.2. The number of nitrogens with zero attached hydrogens (tertiary/aromatic N) is 1. The molecule has 0 aromatic carbocycles. The molecule has 2 saturated carbocycles. The zero-order valence-electron chi connectivity index (χ0n) is 11.7. The zero-order valence-corrected chi connectivity index (χ0v) is 12.6. The Hall–Kier alpha value is -0.750. The van der Waals surface area contributed by atoms with Crippen molar-refractivity contribution in [2.75, 3.05) is 5.75 Å². The maximum absolute atomic E-state index is 13.0. The van der Waals surface area contributed by atoms with Gasteiger partial charge in [-0.2, -0.15) is 0 Å². The number of hydrogen-bond acceptors (Lipinski definition) is 4. The van der Waals surface area contributed by atoms with Crippen molar-refractivity contribution < 1.29 is 14.7 Å². The van der Waals surface area contributed by atoms with Gasteiger partial charge in [-0.25, -0.2) is 4.79 Å². The van der Waals surface area contributed by atoms with Crippen LogP contribution in [0.3, 0.4) is 0 Å². The summed E-state index contributed by atoms with van der Waals surface area (Å²) in [4.78, 5) is 26.1. The third-order valence-electron chi connectivity index (χ3n) is 5.10. The highest BCUT2D eigenvalue weighted by molar-refractivity contribution is 8.00. The first kappa shape index (κ1) is 14.2. The Balaban J connectivity index is 1.87. The maximum atomic E-state index is 13.0. The number of carbonyl (C=O) groups excluding carboxylic acids is 1. The molecule has 3 rings (SSSR count). The SMILES string of the molecule is CC1(C(=O)N2C(C(=O)O)CSC2C2CC2)CCCC1N. The average molecular weight is 298 g/mol. The molecule has 3 fully saturated rings. The fraction of sp³-hybridized carbons (Fsp3) is 0.857. The Bertz CT molecular complexity index is 440. The molecule has 0 aromatic rings. The maximum Gasteiger partial charge on any atom is 0.327 e. The number of aliphatic carboxylic acids is 1. The fourth-order valence-corrected chi connectivity index (χ4v) is 5.10. The van der Waals surface area contributed by atoms with Gasteiger partial charge >= 0.3 is 5.97 Å². The molecule has 2 aliphatic carbocycles. The van der Waals surface area contributed by atoms with Gasteiger partial charge in [0.15, 0.2) is 0 Å². The quantitative estimate of drug-likeness (QED) is 0.820. The van der Waals surface area contributed by atoms with Crippen molar-refractivity contribution in [1.82, 2.24) is 4.90 Å². The van der Waals surface area contributed by atoms with Crippen LogP contribution in [-0.2, 0) is 9.59 Å². The monoisotopic (exact) mass is 298 g/mol. The van der Waals surface area contributed by atoms with E-state index in [4.69, 9.17) is 5.73 Å². The predicted octanol–water partition coefficient (Wildman–Crippen LogP) is 1.27. The summed E-state index contributed by atoms with van der Waals surface area (Å²) in [7, 11) is 0. The molecule has 1 amide bonds. The molecule has 0 aromatic heterocycles. The highest BCUT2D eigenvalue weighted by Crippen LogP contribution is 2.48. The fourth-order valence-electron chi connectivity index (χ4n) is 3.47. The van der Waals surface area contributed by atoms with E-state index in [9.17, 15) is 14.7 Å². The normalized spacial score (nSPS) is 41.1. The van der Waals surface area contributed by atoms with E-state index < -0.39 is 17.4 Å². The molecule has 20 heavy (non-hydrogen) atoms. The Morgan fingerprint density at radius 3 is 2.55 bits per heavy atom. The molecule has 1 aliphatic heterocycles. The van der Waals surface area contributed by atoms with Gasteiger partial charge in [-0.3, -0.25) is 4.79 Å². The summed E-state index contributed by atoms with van der Waals surface area (Å²) in [5, 5.41) is 9.46. The Morgan fingerprint density at radius 1 is 1.35 bits per heavy atom. The average Bonchev–Trinajstić information content (AvgIpc) is 3.06. The van der Waals surface area contributed by atoms with Crippen LogP contribution in [0.2, 0.25) is 0 Å². The van der Waals surface area contributed by atoms with Crippen molar-refractivity contribution in [2.45, 2.75) is 56.5 Å². The van der Waals surface area contributed by atoms with E-state index in [1.807, 2.05) is 6.92 Å². The topological polar surface area (TPSA) is 83.6 Å². The molecular weight excluding hydrogens is 276 g/mol. The Morgan fingerprint density at radius 2 is 2.05 bits per heavy atom. The van der Waals surface area contributed by atoms with Gasteiger partial charge in [0, 0.05) is 11.8 Å². The molecule has 4 atom stereocenters. The molecule has 0 bridgehead atoms. The van der Waals surface area contributed by atoms with Crippen molar-refractivity contribution in [3.63, 3.8) is 0 Å². The van der Waals surface area contributed by atoms with Gasteiger partial charge in [-0.15, -0.1) is 11.8 Å². The third kappa shape index (κ3) is 2.13. The van der Waals surface area contributed by atoms with Crippen LogP contribution in [0, 0.1) is 11.3 Å². The number of thioether (sulfide) groups is 1. The molecule has 0 radical (unpaired) electrons. The van der Waals surface area contributed by atoms with Crippen molar-refractivity contribution in [2.24, 2.45) is 17.1 Å². The van der Waals surface area contributed by atoms with Crippen LogP contribution in [0.1, 0.15) is 39.0 Å². The van der Waals surface area contributed by atoms with Crippen LogP contribution < -0.4 is 5.73 Å². The number of carboxylic acid groups (broad SMARTS) is 1. The lowest BCUT2D eigenvalue weighted by atomic mass is 9.83. The van der Waals surface area contributed by atoms with Crippen molar-refractivity contribution in [3.8, 4) is 0 Å². The van der Waals surface area contributed by atoms with Gasteiger partial charge < -0.3 is 15.7 Å². The largest absolute Gasteiger partial charge is 0.480 e. The molecule has 0 spiro atoms. The summed E-state index contributed by atoms with van der Waals surface area (Å²) in [5.41, 5.74) is 5.56. The number of nitrogens with two attached hydrogens (primary N) is 1. The van der Waals surface area contributed by atoms with E-state index in [2.05, 4.69) is 0 Å². The Labute approximate surface area is 123 Å². The van der Waals surface area contributed by atoms with E-state index in [0.717, 1.165) is 32.1 Å². The number of hydrogen-bond donors (Lipinski definition) is 2. The van der Waals surface area contributed by atoms with Crippen LogP contribution in [0.15, 0.2) is 0 Å². The summed E-state index contributed by atoms with van der Waals surface area (Å²) in [5.74, 6) is 0.0728. The summed E-state index contributed by atoms with van der Waals surface area (Å²) in [6, 6.07) is -0.822. The second-order valence-corrected chi connectivity index (χ2v) is 7.69. The minimum absolute atomic E-state index is 0.0307. The van der Waals surface area contributed by atoms with Gasteiger partial charge in [0.2, 0.25) is 5.91 Å². The van der Waals surface area contributed by atoms with Gasteiger partial charge in [0.1, 0.15) is 6.04 Å². The number of carbonyl (C=O) groups is 2. The highest BCUT2D eigenvalue weighted by Gasteiger charge is 2.54. The second kappa shape index (κ2) is 4.91. The number of carboxylic acids is 1. The minimum atomic E-state index is -0.885. The predicted molar refractivity (Wildman–Crippen MR) is 77.2 cm³/mol. The molecule has 3 N–H and O–H groups in total. The molecule has 112 valence electrons. The van der Waals surface area contributed by atoms with E-state index >= 15 is 0 Å². The van der Waals surface area contributed by atoms with Gasteiger partial charge in [0.05, 0.1) is 10.8 Å². The molecule has 1 saturated heterocycles. The van der Waals surface area contributed by atoms with Crippen LogP contribution >= 0.6 is 11.8 Å². The van der Waals surface area contributed by atoms with Crippen LogP contribution in [0.5, 0.6) is 0 Å². The lowest BCUT2D eigenvalue weighted by molar-refractivity contribution is -0.154. The minimum Gasteiger partial charge on any atom is -0.480 e. The third-order valence-corrected chi connectivity index (χ3v) is 6.56. The van der Waals surface area contributed by atoms with Gasteiger partial charge in [-0.05, 0) is 38.5 Å². The lowest BCUT2D eigenvalue weighted by Gasteiger charge is -2.37. The molecule has 1 heterocycles. The number of rotatable bonds is 3. The lowest BCUT2D eigenvalue weighted by Crippen LogP contribution is -2.55. The summed E-state index contributed by atoms with van der Waals surface area (Å²) in [6.45, 7) is 1.92. The van der Waals surface area contributed by atoms with Crippen molar-refractivity contribution in [3.05, 3.63) is 0 Å². The molecular formula is C14H22N2O3S. The first-order valence-electron chi connectivity index (χ1n) is 7.38. The number of amides is 1. The van der Waals surface area contributed by atoms with Crippen molar-refractivity contribution in [1.29, 1.82) is 0 Å². The first-order chi connectivity index (χ1) is 9.45. The molecule has 5 nitrogen and oxygen atoms in total. The summed E-state index contributed by atoms with van der Waals surface area (Å²) >= 11 is 1.63. The van der Waals surface area contributed by atoms with Crippen LogP contribution in [-0.4, -0.2) is 45.1 Å². The van der Waals surface area contributed by atoms with E-state index in [0.29, 0.717) is 11.7 Å². The smallest absolute Gasteiger partial charge is 0.327 e. The van der Waals surface area contributed by atoms with E-state index in [1.54, 1.807) is 16.7 Å².